The van der Waals surface area contributed by atoms with E-state index in [-0.39, 0.29) is 0 Å². The van der Waals surface area contributed by atoms with E-state index in [2.05, 4.69) is 48.4 Å². The van der Waals surface area contributed by atoms with Crippen LogP contribution in [0.4, 0.5) is 0 Å². The minimum atomic E-state index is 1.26. The van der Waals surface area contributed by atoms with E-state index in [1.165, 1.54) is 18.4 Å². The Morgan fingerprint density at radius 2 is 1.67 bits per heavy atom. The van der Waals surface area contributed by atoms with E-state index in [0.29, 0.717) is 0 Å². The summed E-state index contributed by atoms with van der Waals surface area (Å²) in [5, 5.41) is 0. The molecule has 0 aromatic heterocycles. The number of halogens is 2. The van der Waals surface area contributed by atoms with E-state index in [0.717, 1.165) is 0 Å². The average Bonchev–Trinajstić information content (AvgIpc) is 1.94. The van der Waals surface area contributed by atoms with Crippen molar-refractivity contribution in [2.45, 2.75) is 0 Å². The van der Waals surface area contributed by atoms with E-state index in [1.54, 1.807) is 0 Å². The van der Waals surface area contributed by atoms with Gasteiger partial charge in [0.05, 0.1) is 0 Å². The van der Waals surface area contributed by atoms with Crippen molar-refractivity contribution in [3.63, 3.8) is 0 Å². The van der Waals surface area contributed by atoms with E-state index in [1.807, 2.05) is 24.3 Å². The van der Waals surface area contributed by atoms with Gasteiger partial charge in [-0.3, -0.25) is 0 Å². The molecule has 0 amide bonds. The molecule has 0 nitrogen and oxygen atoms in total. The molecule has 1 aromatic rings. The zero-order valence-electron chi connectivity index (χ0n) is 4.77. The van der Waals surface area contributed by atoms with Crippen LogP contribution >= 0.6 is 42.3 Å². The van der Waals surface area contributed by atoms with Gasteiger partial charge in [-0.25, -0.2) is 0 Å². The van der Waals surface area contributed by atoms with Gasteiger partial charge in [-0.1, -0.05) is 26.2 Å². The van der Waals surface area contributed by atoms with Gasteiger partial charge in [0, 0.05) is 0 Å². The molecule has 0 aliphatic rings. The second-order valence-electron chi connectivity index (χ2n) is 1.22. The summed E-state index contributed by atoms with van der Waals surface area (Å²) in [7, 11) is 0. The third-order valence-corrected chi connectivity index (χ3v) is 1.40. The third-order valence-electron chi connectivity index (χ3n) is 0.678. The van der Waals surface area contributed by atoms with Crippen LogP contribution in [-0.2, 0) is 14.8 Å². The van der Waals surface area contributed by atoms with Gasteiger partial charge in [-0.15, -0.1) is 0 Å². The molecular weight excluding hydrogens is 391 g/mol. The quantitative estimate of drug-likeness (QED) is 0.360. The van der Waals surface area contributed by atoms with Crippen LogP contribution in [-0.4, -0.2) is 0 Å². The summed E-state index contributed by atoms with van der Waals surface area (Å²) in [6.45, 7) is 0. The van der Waals surface area contributed by atoms with Gasteiger partial charge < -0.3 is 0 Å². The molecule has 0 aliphatic carbocycles. The van der Waals surface area contributed by atoms with Crippen molar-refractivity contribution in [2.24, 2.45) is 0 Å². The van der Waals surface area contributed by atoms with Crippen molar-refractivity contribution in [3.05, 3.63) is 33.9 Å². The minimum absolute atomic E-state index is 1.26. The first-order valence-electron chi connectivity index (χ1n) is 2.28. The molecule has 0 atom stereocenters. The summed E-state index contributed by atoms with van der Waals surface area (Å²) in [4.78, 5) is 0. The molecule has 0 unspecified atom stereocenters. The first kappa shape index (κ1) is 10.3. The molecule has 1 aromatic carbocycles. The maximum atomic E-state index is 2.93. The molecule has 9 heavy (non-hydrogen) atoms. The maximum absolute atomic E-state index is 2.93. The molecule has 44 valence electrons. The summed E-state index contributed by atoms with van der Waals surface area (Å²) in [5.41, 5.74) is 0. The summed E-state index contributed by atoms with van der Waals surface area (Å²) < 4.78 is 1.26. The molecule has 0 bridgehead atoms. The monoisotopic (exact) mass is 394 g/mol. The molecule has 1 rings (SSSR count). The Morgan fingerprint density at radius 1 is 1.22 bits per heavy atom. The number of hydrogen-bond acceptors (Lipinski definition) is 0. The fourth-order valence-corrected chi connectivity index (χ4v) is 0.726. The molecule has 0 heterocycles. The Labute approximate surface area is 89.8 Å². The second-order valence-corrected chi connectivity index (χ2v) is 2.46. The van der Waals surface area contributed by atoms with Gasteiger partial charge in [0.2, 0.25) is 0 Å². The number of hydrogen-bond donors (Lipinski definition) is 0. The Kier molecular flexibility index (Phi) is 8.48. The first-order valence-corrected chi connectivity index (χ1v) is 12.4. The van der Waals surface area contributed by atoms with Crippen molar-refractivity contribution in [1.29, 1.82) is 0 Å². The van der Waals surface area contributed by atoms with Crippen LogP contribution in [0.1, 0.15) is 0 Å². The molecule has 3 heteroatoms. The molecule has 0 saturated carbocycles. The Hall–Kier alpha value is 1.30. The van der Waals surface area contributed by atoms with Gasteiger partial charge in [-0.05, 0) is 0 Å². The van der Waals surface area contributed by atoms with E-state index >= 15 is 0 Å². The van der Waals surface area contributed by atoms with E-state index < -0.39 is 0 Å². The first-order chi connectivity index (χ1) is 4.39. The number of rotatable bonds is 0. The van der Waals surface area contributed by atoms with Crippen molar-refractivity contribution < 1.29 is 14.8 Å². The Morgan fingerprint density at radius 3 is 1.89 bits per heavy atom. The topological polar surface area (TPSA) is 0 Å². The molecule has 0 aliphatic heterocycles. The van der Waals surface area contributed by atoms with Crippen LogP contribution < -0.4 is 0 Å². The third kappa shape index (κ3) is 5.73. The summed E-state index contributed by atoms with van der Waals surface area (Å²) in [5.74, 6) is 0. The van der Waals surface area contributed by atoms with Gasteiger partial charge >= 0.3 is 34.5 Å². The Balaban J connectivity index is 0.000000291. The van der Waals surface area contributed by atoms with E-state index in [4.69, 9.17) is 0 Å². The summed E-state index contributed by atoms with van der Waals surface area (Å²) >= 11 is 5.88. The van der Waals surface area contributed by atoms with Gasteiger partial charge in [0.1, 0.15) is 0 Å². The molecule has 0 N–H and O–H groups in total. The summed E-state index contributed by atoms with van der Waals surface area (Å²) in [6, 6.07) is 10.8. The molecular formula is C6H4I2Zn. The molecule has 0 saturated heterocycles. The van der Waals surface area contributed by atoms with Crippen molar-refractivity contribution >= 4 is 42.3 Å². The normalized spacial score (nSPS) is 7.56. The molecule has 0 spiro atoms. The fourth-order valence-electron chi connectivity index (χ4n) is 0.367. The standard InChI is InChI=1S/C6H4I.HI.Zn/c7-6-4-2-1-3-5-6;;/h2-5H;1H;/q-1;;+2/p-1. The van der Waals surface area contributed by atoms with Crippen LogP contribution in [0.25, 0.3) is 0 Å². The van der Waals surface area contributed by atoms with Crippen LogP contribution in [0.3, 0.4) is 0 Å². The van der Waals surface area contributed by atoms with Crippen LogP contribution in [0, 0.1) is 9.64 Å². The van der Waals surface area contributed by atoms with Crippen LogP contribution in [0.2, 0.25) is 0 Å². The van der Waals surface area contributed by atoms with Gasteiger partial charge in [0.15, 0.2) is 0 Å². The summed E-state index contributed by atoms with van der Waals surface area (Å²) in [6.07, 6.45) is 0. The Bertz CT molecular complexity index is 141. The number of benzene rings is 1. The van der Waals surface area contributed by atoms with Crippen molar-refractivity contribution in [1.82, 2.24) is 0 Å². The molecule has 0 fully saturated rings. The van der Waals surface area contributed by atoms with E-state index in [9.17, 15) is 0 Å². The second kappa shape index (κ2) is 7.41. The van der Waals surface area contributed by atoms with Crippen molar-refractivity contribution in [3.8, 4) is 0 Å². The zero-order chi connectivity index (χ0) is 7.11. The van der Waals surface area contributed by atoms with Crippen molar-refractivity contribution in [2.75, 3.05) is 0 Å². The van der Waals surface area contributed by atoms with Gasteiger partial charge in [0.25, 0.3) is 0 Å². The zero-order valence-corrected chi connectivity index (χ0v) is 12.1. The predicted octanol–water partition coefficient (Wildman–Crippen LogP) is 2.97. The van der Waals surface area contributed by atoms with Crippen LogP contribution in [0.15, 0.2) is 24.3 Å². The predicted molar refractivity (Wildman–Crippen MR) is 52.0 cm³/mol. The van der Waals surface area contributed by atoms with Crippen LogP contribution in [0.5, 0.6) is 0 Å². The average molecular weight is 395 g/mol. The van der Waals surface area contributed by atoms with Gasteiger partial charge in [-0.2, -0.15) is 30.3 Å². The molecule has 0 radical (unpaired) electrons. The fraction of sp³-hybridized carbons (Fsp3) is 0. The SMILES string of the molecule is Ic1cc[c-]cc1.[Zn+][I].